The highest BCUT2D eigenvalue weighted by Gasteiger charge is 2.10. The van der Waals surface area contributed by atoms with Crippen LogP contribution in [0.4, 0.5) is 4.39 Å². The maximum atomic E-state index is 13.7. The Morgan fingerprint density at radius 3 is 3.00 bits per heavy atom. The van der Waals surface area contributed by atoms with Crippen LogP contribution in [0.1, 0.15) is 5.69 Å². The number of rotatable bonds is 3. The summed E-state index contributed by atoms with van der Waals surface area (Å²) in [4.78, 5) is 4.20. The molecule has 0 aliphatic heterocycles. The Bertz CT molecular complexity index is 574. The van der Waals surface area contributed by atoms with Gasteiger partial charge in [0.2, 0.25) is 0 Å². The minimum absolute atomic E-state index is 0.244. The molecule has 0 unspecified atom stereocenters. The Kier molecular flexibility index (Phi) is 3.35. The van der Waals surface area contributed by atoms with Crippen molar-refractivity contribution in [1.82, 2.24) is 4.98 Å². The maximum Gasteiger partial charge on any atom is 0.137 e. The number of nitrogens with zero attached hydrogens (tertiary/aromatic N) is 2. The molecule has 0 fully saturated rings. The summed E-state index contributed by atoms with van der Waals surface area (Å²) in [6, 6.07) is 6.64. The molecule has 2 rings (SSSR count). The van der Waals surface area contributed by atoms with Gasteiger partial charge in [-0.15, -0.1) is 11.3 Å². The zero-order valence-electron chi connectivity index (χ0n) is 9.11. The average Bonchev–Trinajstić information content (AvgIpc) is 2.78. The minimum atomic E-state index is -0.373. The summed E-state index contributed by atoms with van der Waals surface area (Å²) < 4.78 is 18.7. The standard InChI is InChI=1S/C12H9FN2OS/c1-16-9-2-3-10(11(13)6-9)12-15-8(4-5-14)7-17-12/h2-3,6-7H,4H2,1H3. The normalized spacial score (nSPS) is 9.94. The van der Waals surface area contributed by atoms with Crippen LogP contribution in [0.5, 0.6) is 5.75 Å². The van der Waals surface area contributed by atoms with Gasteiger partial charge in [-0.1, -0.05) is 0 Å². The van der Waals surface area contributed by atoms with E-state index in [1.54, 1.807) is 17.5 Å². The van der Waals surface area contributed by atoms with E-state index in [9.17, 15) is 4.39 Å². The van der Waals surface area contributed by atoms with E-state index in [2.05, 4.69) is 4.98 Å². The molecule has 0 aliphatic carbocycles. The molecule has 0 saturated carbocycles. The Morgan fingerprint density at radius 1 is 1.53 bits per heavy atom. The third-order valence-electron chi connectivity index (χ3n) is 2.22. The van der Waals surface area contributed by atoms with Gasteiger partial charge in [0.25, 0.3) is 0 Å². The minimum Gasteiger partial charge on any atom is -0.497 e. The second kappa shape index (κ2) is 4.93. The molecule has 0 atom stereocenters. The molecule has 5 heteroatoms. The van der Waals surface area contributed by atoms with Crippen LogP contribution in [0, 0.1) is 17.1 Å². The van der Waals surface area contributed by atoms with Crippen LogP contribution in [-0.4, -0.2) is 12.1 Å². The second-order valence-electron chi connectivity index (χ2n) is 3.32. The smallest absolute Gasteiger partial charge is 0.137 e. The monoisotopic (exact) mass is 248 g/mol. The Morgan fingerprint density at radius 2 is 2.35 bits per heavy atom. The number of halogens is 1. The fourth-order valence-electron chi connectivity index (χ4n) is 1.39. The summed E-state index contributed by atoms with van der Waals surface area (Å²) in [6.07, 6.45) is 0.244. The number of aromatic nitrogens is 1. The van der Waals surface area contributed by atoms with Gasteiger partial charge in [-0.25, -0.2) is 9.37 Å². The lowest BCUT2D eigenvalue weighted by Gasteiger charge is -2.02. The average molecular weight is 248 g/mol. The van der Waals surface area contributed by atoms with E-state index in [0.717, 1.165) is 0 Å². The second-order valence-corrected chi connectivity index (χ2v) is 4.18. The molecule has 0 radical (unpaired) electrons. The van der Waals surface area contributed by atoms with Gasteiger partial charge in [-0.2, -0.15) is 5.26 Å². The van der Waals surface area contributed by atoms with Crippen LogP contribution in [0.3, 0.4) is 0 Å². The predicted octanol–water partition coefficient (Wildman–Crippen LogP) is 3.02. The summed E-state index contributed by atoms with van der Waals surface area (Å²) >= 11 is 1.33. The number of thiazole rings is 1. The number of hydrogen-bond acceptors (Lipinski definition) is 4. The van der Waals surface area contributed by atoms with Crippen molar-refractivity contribution in [3.05, 3.63) is 35.1 Å². The lowest BCUT2D eigenvalue weighted by Crippen LogP contribution is -1.88. The van der Waals surface area contributed by atoms with Crippen molar-refractivity contribution >= 4 is 11.3 Å². The van der Waals surface area contributed by atoms with E-state index in [-0.39, 0.29) is 12.2 Å². The summed E-state index contributed by atoms with van der Waals surface area (Å²) in [7, 11) is 1.49. The first-order valence-corrected chi connectivity index (χ1v) is 5.78. The van der Waals surface area contributed by atoms with Crippen molar-refractivity contribution in [2.75, 3.05) is 7.11 Å². The van der Waals surface area contributed by atoms with Gasteiger partial charge >= 0.3 is 0 Å². The fourth-order valence-corrected chi connectivity index (χ4v) is 2.24. The highest BCUT2D eigenvalue weighted by Crippen LogP contribution is 2.28. The van der Waals surface area contributed by atoms with E-state index in [1.807, 2.05) is 6.07 Å². The Labute approximate surface area is 102 Å². The third-order valence-corrected chi connectivity index (χ3v) is 3.14. The largest absolute Gasteiger partial charge is 0.497 e. The van der Waals surface area contributed by atoms with Crippen LogP contribution in [0.25, 0.3) is 10.6 Å². The SMILES string of the molecule is COc1ccc(-c2nc(CC#N)cs2)c(F)c1. The molecule has 0 N–H and O–H groups in total. The zero-order valence-corrected chi connectivity index (χ0v) is 9.92. The van der Waals surface area contributed by atoms with E-state index in [4.69, 9.17) is 10.00 Å². The summed E-state index contributed by atoms with van der Waals surface area (Å²) in [5.41, 5.74) is 1.10. The van der Waals surface area contributed by atoms with Gasteiger partial charge in [0.05, 0.1) is 25.3 Å². The van der Waals surface area contributed by atoms with Gasteiger partial charge in [0.15, 0.2) is 0 Å². The molecule has 0 spiro atoms. The Balaban J connectivity index is 2.36. The quantitative estimate of drug-likeness (QED) is 0.838. The predicted molar refractivity (Wildman–Crippen MR) is 63.4 cm³/mol. The van der Waals surface area contributed by atoms with Crippen molar-refractivity contribution in [1.29, 1.82) is 5.26 Å². The molecular formula is C12H9FN2OS. The lowest BCUT2D eigenvalue weighted by molar-refractivity contribution is 0.411. The number of ether oxygens (including phenoxy) is 1. The Hall–Kier alpha value is -1.93. The molecule has 0 bridgehead atoms. The van der Waals surface area contributed by atoms with E-state index < -0.39 is 0 Å². The third kappa shape index (κ3) is 2.43. The topological polar surface area (TPSA) is 45.9 Å². The molecule has 0 aliphatic rings. The zero-order chi connectivity index (χ0) is 12.3. The van der Waals surface area contributed by atoms with E-state index in [0.29, 0.717) is 22.0 Å². The van der Waals surface area contributed by atoms with Gasteiger partial charge in [0.1, 0.15) is 16.6 Å². The lowest BCUT2D eigenvalue weighted by atomic mass is 10.2. The van der Waals surface area contributed by atoms with Crippen molar-refractivity contribution in [3.63, 3.8) is 0 Å². The first-order chi connectivity index (χ1) is 8.24. The van der Waals surface area contributed by atoms with Gasteiger partial charge in [0, 0.05) is 17.0 Å². The molecule has 86 valence electrons. The fraction of sp³-hybridized carbons (Fsp3) is 0.167. The van der Waals surface area contributed by atoms with Crippen LogP contribution in [-0.2, 0) is 6.42 Å². The highest BCUT2D eigenvalue weighted by molar-refractivity contribution is 7.13. The van der Waals surface area contributed by atoms with Crippen LogP contribution < -0.4 is 4.74 Å². The molecular weight excluding hydrogens is 239 g/mol. The summed E-state index contributed by atoms with van der Waals surface area (Å²) in [5.74, 6) is 0.0993. The maximum absolute atomic E-state index is 13.7. The molecule has 0 amide bonds. The first kappa shape index (κ1) is 11.6. The van der Waals surface area contributed by atoms with Crippen LogP contribution in [0.15, 0.2) is 23.6 Å². The molecule has 1 aromatic carbocycles. The van der Waals surface area contributed by atoms with E-state index >= 15 is 0 Å². The molecule has 3 nitrogen and oxygen atoms in total. The number of methoxy groups -OCH3 is 1. The van der Waals surface area contributed by atoms with Crippen molar-refractivity contribution in [3.8, 4) is 22.4 Å². The van der Waals surface area contributed by atoms with Gasteiger partial charge in [-0.3, -0.25) is 0 Å². The number of hydrogen-bond donors (Lipinski definition) is 0. The molecule has 1 aromatic heterocycles. The molecule has 17 heavy (non-hydrogen) atoms. The van der Waals surface area contributed by atoms with Crippen LogP contribution >= 0.6 is 11.3 Å². The molecule has 2 aromatic rings. The van der Waals surface area contributed by atoms with Gasteiger partial charge < -0.3 is 4.74 Å². The van der Waals surface area contributed by atoms with E-state index in [1.165, 1.54) is 24.5 Å². The molecule has 1 heterocycles. The number of nitriles is 1. The van der Waals surface area contributed by atoms with Crippen LogP contribution in [0.2, 0.25) is 0 Å². The van der Waals surface area contributed by atoms with Crippen molar-refractivity contribution < 1.29 is 9.13 Å². The first-order valence-electron chi connectivity index (χ1n) is 4.90. The highest BCUT2D eigenvalue weighted by atomic mass is 32.1. The van der Waals surface area contributed by atoms with Gasteiger partial charge in [-0.05, 0) is 12.1 Å². The van der Waals surface area contributed by atoms with Crippen molar-refractivity contribution in [2.45, 2.75) is 6.42 Å². The molecule has 0 saturated heterocycles. The number of benzene rings is 1. The summed E-state index contributed by atoms with van der Waals surface area (Å²) in [6.45, 7) is 0. The van der Waals surface area contributed by atoms with Crippen molar-refractivity contribution in [2.24, 2.45) is 0 Å². The summed E-state index contributed by atoms with van der Waals surface area (Å²) in [5, 5.41) is 10.9.